The fraction of sp³-hybridized carbons (Fsp3) is 0.217. The molecule has 0 atom stereocenters. The second kappa shape index (κ2) is 10.3. The van der Waals surface area contributed by atoms with Crippen LogP contribution in [0.4, 0.5) is 8.78 Å². The Bertz CT molecular complexity index is 1130. The largest absolute Gasteiger partial charge is 0.298 e. The molecule has 2 aromatic heterocycles. The maximum absolute atomic E-state index is 14.0. The molecule has 0 aliphatic heterocycles. The van der Waals surface area contributed by atoms with Crippen LogP contribution in [0.3, 0.4) is 0 Å². The number of rotatable bonds is 9. The second-order valence-corrected chi connectivity index (χ2v) is 7.76. The van der Waals surface area contributed by atoms with Crippen molar-refractivity contribution in [2.24, 2.45) is 4.40 Å². The number of ketones is 1. The Balaban J connectivity index is 1.91. The van der Waals surface area contributed by atoms with Gasteiger partial charge in [0.05, 0.1) is 17.6 Å². The first-order chi connectivity index (χ1) is 14.9. The molecule has 3 aromatic rings. The Kier molecular flexibility index (Phi) is 7.46. The van der Waals surface area contributed by atoms with Crippen molar-refractivity contribution in [1.29, 1.82) is 0 Å². The van der Waals surface area contributed by atoms with Crippen LogP contribution in [0.5, 0.6) is 0 Å². The molecule has 0 N–H and O–H groups in total. The van der Waals surface area contributed by atoms with E-state index >= 15 is 0 Å². The fourth-order valence-electron chi connectivity index (χ4n) is 3.05. The van der Waals surface area contributed by atoms with Gasteiger partial charge in [0.1, 0.15) is 18.2 Å². The molecular weight excluding hydrogens is 418 g/mol. The van der Waals surface area contributed by atoms with Crippen LogP contribution in [-0.4, -0.2) is 26.3 Å². The number of pyridine rings is 1. The summed E-state index contributed by atoms with van der Waals surface area (Å²) in [5.41, 5.74) is 2.70. The highest BCUT2D eigenvalue weighted by Crippen LogP contribution is 2.35. The van der Waals surface area contributed by atoms with Crippen molar-refractivity contribution in [3.05, 3.63) is 78.3 Å². The van der Waals surface area contributed by atoms with E-state index in [1.165, 1.54) is 0 Å². The molecule has 0 bridgehead atoms. The first-order valence-electron chi connectivity index (χ1n) is 9.75. The van der Waals surface area contributed by atoms with Crippen molar-refractivity contribution in [3.8, 4) is 11.3 Å². The fourth-order valence-corrected chi connectivity index (χ4v) is 3.64. The third kappa shape index (κ3) is 5.52. The van der Waals surface area contributed by atoms with Gasteiger partial charge >= 0.3 is 0 Å². The Hall–Kier alpha value is -3.13. The average Bonchev–Trinajstić information content (AvgIpc) is 3.17. The first-order valence-corrected chi connectivity index (χ1v) is 10.5. The summed E-state index contributed by atoms with van der Waals surface area (Å²) in [7, 11) is 0. The molecule has 0 fully saturated rings. The zero-order chi connectivity index (χ0) is 22.4. The Labute approximate surface area is 184 Å². The molecule has 160 valence electrons. The maximum Gasteiger partial charge on any atom is 0.154 e. The van der Waals surface area contributed by atoms with Crippen molar-refractivity contribution < 1.29 is 13.6 Å². The minimum absolute atomic E-state index is 0.0844. The predicted octanol–water partition coefficient (Wildman–Crippen LogP) is 5.72. The maximum atomic E-state index is 14.0. The van der Waals surface area contributed by atoms with Crippen molar-refractivity contribution in [2.45, 2.75) is 33.2 Å². The van der Waals surface area contributed by atoms with E-state index in [1.807, 2.05) is 19.1 Å². The monoisotopic (exact) mass is 440 g/mol. The normalized spacial score (nSPS) is 11.5. The van der Waals surface area contributed by atoms with Crippen molar-refractivity contribution in [1.82, 2.24) is 14.8 Å². The number of carbonyl (C=O) groups is 1. The highest BCUT2D eigenvalue weighted by atomic mass is 32.2. The van der Waals surface area contributed by atoms with Crippen LogP contribution in [0.15, 0.2) is 59.9 Å². The van der Waals surface area contributed by atoms with Gasteiger partial charge in [-0.15, -0.1) is 0 Å². The van der Waals surface area contributed by atoms with Crippen LogP contribution in [0.1, 0.15) is 37.8 Å². The zero-order valence-corrected chi connectivity index (χ0v) is 18.1. The van der Waals surface area contributed by atoms with Crippen LogP contribution in [0.2, 0.25) is 0 Å². The van der Waals surface area contributed by atoms with E-state index in [-0.39, 0.29) is 17.9 Å². The summed E-state index contributed by atoms with van der Waals surface area (Å²) in [6.07, 6.45) is 6.20. The van der Waals surface area contributed by atoms with Gasteiger partial charge in [0.25, 0.3) is 0 Å². The summed E-state index contributed by atoms with van der Waals surface area (Å²) in [5, 5.41) is 4.39. The Morgan fingerprint density at radius 3 is 2.65 bits per heavy atom. The third-order valence-corrected chi connectivity index (χ3v) is 5.36. The lowest BCUT2D eigenvalue weighted by atomic mass is 10.1. The molecule has 0 saturated heterocycles. The smallest absolute Gasteiger partial charge is 0.154 e. The van der Waals surface area contributed by atoms with E-state index < -0.39 is 11.6 Å². The number of nitrogens with zero attached hydrogens (tertiary/aromatic N) is 4. The van der Waals surface area contributed by atoms with Gasteiger partial charge in [-0.05, 0) is 43.7 Å². The number of carbonyl (C=O) groups excluding carboxylic acids is 1. The van der Waals surface area contributed by atoms with Crippen molar-refractivity contribution >= 4 is 28.3 Å². The summed E-state index contributed by atoms with van der Waals surface area (Å²) in [4.78, 5) is 16.8. The SMILES string of the molecule is C=C(S/N=C(\C)c1cc(F)ccc1F)c1cnn(CC(=O)CCC)c1-c1ccncc1. The summed E-state index contributed by atoms with van der Waals surface area (Å²) in [5.74, 6) is -0.998. The summed E-state index contributed by atoms with van der Waals surface area (Å²) in [6.45, 7) is 7.79. The lowest BCUT2D eigenvalue weighted by Crippen LogP contribution is -2.12. The standard InChI is InChI=1S/C23H22F2N4OS/c1-4-5-19(30)14-29-23(17-8-10-26-11-9-17)21(13-27-29)16(3)31-28-15(2)20-12-18(24)6-7-22(20)25/h6-13H,3-5,14H2,1-2H3/b28-15+. The minimum Gasteiger partial charge on any atom is -0.298 e. The summed E-state index contributed by atoms with van der Waals surface area (Å²) < 4.78 is 33.5. The lowest BCUT2D eigenvalue weighted by molar-refractivity contribution is -0.119. The molecule has 0 aliphatic rings. The summed E-state index contributed by atoms with van der Waals surface area (Å²) in [6, 6.07) is 6.90. The van der Waals surface area contributed by atoms with Gasteiger partial charge in [-0.3, -0.25) is 14.5 Å². The van der Waals surface area contributed by atoms with Crippen molar-refractivity contribution in [3.63, 3.8) is 0 Å². The van der Waals surface area contributed by atoms with Gasteiger partial charge in [0, 0.05) is 52.4 Å². The van der Waals surface area contributed by atoms with Crippen molar-refractivity contribution in [2.75, 3.05) is 0 Å². The highest BCUT2D eigenvalue weighted by molar-refractivity contribution is 8.07. The van der Waals surface area contributed by atoms with E-state index in [2.05, 4.69) is 21.1 Å². The number of hydrogen-bond acceptors (Lipinski definition) is 5. The highest BCUT2D eigenvalue weighted by Gasteiger charge is 2.18. The molecule has 0 radical (unpaired) electrons. The number of halogens is 2. The molecule has 2 heterocycles. The molecule has 1 aromatic carbocycles. The molecule has 0 saturated carbocycles. The van der Waals surface area contributed by atoms with Crippen LogP contribution in [-0.2, 0) is 11.3 Å². The molecular formula is C23H22F2N4OS. The van der Waals surface area contributed by atoms with Gasteiger partial charge in [0.2, 0.25) is 0 Å². The number of Topliss-reactive ketones (excluding diaryl/α,β-unsaturated/α-hetero) is 1. The quantitative estimate of drug-likeness (QED) is 0.315. The third-order valence-electron chi connectivity index (χ3n) is 4.56. The van der Waals surface area contributed by atoms with Crippen LogP contribution in [0.25, 0.3) is 16.2 Å². The van der Waals surface area contributed by atoms with Gasteiger partial charge in [-0.1, -0.05) is 13.5 Å². The molecule has 0 spiro atoms. The molecule has 31 heavy (non-hydrogen) atoms. The zero-order valence-electron chi connectivity index (χ0n) is 17.3. The molecule has 0 aliphatic carbocycles. The average molecular weight is 441 g/mol. The molecule has 5 nitrogen and oxygen atoms in total. The number of hydrogen-bond donors (Lipinski definition) is 0. The summed E-state index contributed by atoms with van der Waals surface area (Å²) >= 11 is 1.05. The van der Waals surface area contributed by atoms with E-state index in [0.29, 0.717) is 22.6 Å². The first kappa shape index (κ1) is 22.6. The van der Waals surface area contributed by atoms with Crippen LogP contribution >= 0.6 is 11.9 Å². The second-order valence-electron chi connectivity index (χ2n) is 6.90. The van der Waals surface area contributed by atoms with Gasteiger partial charge in [0.15, 0.2) is 5.78 Å². The van der Waals surface area contributed by atoms with Crippen LogP contribution in [0, 0.1) is 11.6 Å². The van der Waals surface area contributed by atoms with E-state index in [4.69, 9.17) is 0 Å². The molecule has 0 amide bonds. The molecule has 3 rings (SSSR count). The lowest BCUT2D eigenvalue weighted by Gasteiger charge is -2.10. The predicted molar refractivity (Wildman–Crippen MR) is 121 cm³/mol. The van der Waals surface area contributed by atoms with Gasteiger partial charge in [-0.2, -0.15) is 5.10 Å². The molecule has 8 heteroatoms. The number of benzene rings is 1. The van der Waals surface area contributed by atoms with E-state index in [1.54, 1.807) is 30.2 Å². The Morgan fingerprint density at radius 1 is 1.19 bits per heavy atom. The van der Waals surface area contributed by atoms with Gasteiger partial charge in [-0.25, -0.2) is 13.2 Å². The molecule has 0 unspecified atom stereocenters. The number of aromatic nitrogens is 3. The van der Waals surface area contributed by atoms with Gasteiger partial charge < -0.3 is 0 Å². The van der Waals surface area contributed by atoms with Crippen LogP contribution < -0.4 is 0 Å². The topological polar surface area (TPSA) is 60.1 Å². The van der Waals surface area contributed by atoms with E-state index in [9.17, 15) is 13.6 Å². The Morgan fingerprint density at radius 2 is 1.94 bits per heavy atom. The van der Waals surface area contributed by atoms with E-state index in [0.717, 1.165) is 47.8 Å². The minimum atomic E-state index is -0.548.